The second-order valence-electron chi connectivity index (χ2n) is 5.85. The van der Waals surface area contributed by atoms with E-state index in [0.717, 1.165) is 17.8 Å². The Morgan fingerprint density at radius 3 is 2.56 bits per heavy atom. The van der Waals surface area contributed by atoms with E-state index in [1.165, 1.54) is 0 Å². The minimum Gasteiger partial charge on any atom is -0.385 e. The molecule has 1 aromatic heterocycles. The van der Waals surface area contributed by atoms with E-state index in [-0.39, 0.29) is 5.91 Å². The summed E-state index contributed by atoms with van der Waals surface area (Å²) in [6, 6.07) is 9.62. The number of hydrogen-bond donors (Lipinski definition) is 2. The number of methoxy groups -OCH3 is 1. The molecule has 2 N–H and O–H groups in total. The number of benzene rings is 1. The molecule has 1 amide bonds. The molecule has 2 aromatic rings. The summed E-state index contributed by atoms with van der Waals surface area (Å²) in [6.45, 7) is 2.92. The number of anilines is 3. The van der Waals surface area contributed by atoms with E-state index in [2.05, 4.69) is 20.6 Å². The Balaban J connectivity index is 2.06. The Kier molecular flexibility index (Phi) is 6.71. The average molecular weight is 343 g/mol. The summed E-state index contributed by atoms with van der Waals surface area (Å²) in [4.78, 5) is 22.8. The van der Waals surface area contributed by atoms with Crippen molar-refractivity contribution in [1.29, 1.82) is 0 Å². The number of carbonyl (C=O) groups is 1. The second kappa shape index (κ2) is 8.98. The Hall–Kier alpha value is -2.67. The van der Waals surface area contributed by atoms with Gasteiger partial charge in [0.1, 0.15) is 17.3 Å². The largest absolute Gasteiger partial charge is 0.385 e. The molecule has 0 spiro atoms. The van der Waals surface area contributed by atoms with Crippen molar-refractivity contribution in [1.82, 2.24) is 15.3 Å². The maximum Gasteiger partial charge on any atom is 0.270 e. The zero-order valence-electron chi connectivity index (χ0n) is 15.2. The first-order chi connectivity index (χ1) is 12.0. The van der Waals surface area contributed by atoms with E-state index in [4.69, 9.17) is 4.74 Å². The molecule has 7 nitrogen and oxygen atoms in total. The van der Waals surface area contributed by atoms with Crippen LogP contribution in [0.1, 0.15) is 22.7 Å². The maximum atomic E-state index is 12.2. The number of aromatic nitrogens is 2. The van der Waals surface area contributed by atoms with Gasteiger partial charge in [-0.25, -0.2) is 9.97 Å². The molecule has 2 rings (SSSR count). The fourth-order valence-electron chi connectivity index (χ4n) is 2.25. The number of ether oxygens (including phenoxy) is 1. The summed E-state index contributed by atoms with van der Waals surface area (Å²) in [5.74, 6) is 0.914. The Labute approximate surface area is 148 Å². The number of hydrogen-bond acceptors (Lipinski definition) is 6. The molecule has 0 radical (unpaired) electrons. The zero-order valence-corrected chi connectivity index (χ0v) is 15.2. The molecule has 134 valence electrons. The van der Waals surface area contributed by atoms with Crippen LogP contribution in [-0.4, -0.2) is 50.2 Å². The summed E-state index contributed by atoms with van der Waals surface area (Å²) >= 11 is 0. The number of aryl methyl sites for hydroxylation is 1. The summed E-state index contributed by atoms with van der Waals surface area (Å²) in [6.07, 6.45) is 0.760. The van der Waals surface area contributed by atoms with Gasteiger partial charge >= 0.3 is 0 Å². The van der Waals surface area contributed by atoms with E-state index >= 15 is 0 Å². The lowest BCUT2D eigenvalue weighted by Crippen LogP contribution is -2.26. The van der Waals surface area contributed by atoms with E-state index in [1.54, 1.807) is 20.1 Å². The number of carbonyl (C=O) groups excluding carboxylic acids is 1. The lowest BCUT2D eigenvalue weighted by atomic mass is 10.2. The highest BCUT2D eigenvalue weighted by molar-refractivity contribution is 5.93. The van der Waals surface area contributed by atoms with Crippen LogP contribution in [-0.2, 0) is 4.74 Å². The van der Waals surface area contributed by atoms with Crippen LogP contribution in [0.2, 0.25) is 0 Å². The van der Waals surface area contributed by atoms with E-state index in [0.29, 0.717) is 30.5 Å². The van der Waals surface area contributed by atoms with Crippen molar-refractivity contribution in [2.75, 3.05) is 44.6 Å². The minimum absolute atomic E-state index is 0.215. The molecule has 7 heteroatoms. The first-order valence-electron chi connectivity index (χ1n) is 8.17. The van der Waals surface area contributed by atoms with Crippen molar-refractivity contribution in [3.63, 3.8) is 0 Å². The third kappa shape index (κ3) is 5.72. The van der Waals surface area contributed by atoms with Crippen LogP contribution >= 0.6 is 0 Å². The quantitative estimate of drug-likeness (QED) is 0.716. The van der Waals surface area contributed by atoms with Gasteiger partial charge in [0.25, 0.3) is 5.91 Å². The Bertz CT molecular complexity index is 701. The molecule has 0 unspecified atom stereocenters. The zero-order chi connectivity index (χ0) is 18.2. The highest BCUT2D eigenvalue weighted by atomic mass is 16.5. The predicted octanol–water partition coefficient (Wildman–Crippen LogP) is 2.36. The molecule has 0 atom stereocenters. The number of nitrogens with one attached hydrogen (secondary N) is 2. The van der Waals surface area contributed by atoms with Crippen molar-refractivity contribution in [3.05, 3.63) is 41.9 Å². The molecule has 0 aliphatic heterocycles. The van der Waals surface area contributed by atoms with E-state index < -0.39 is 0 Å². The van der Waals surface area contributed by atoms with Crippen LogP contribution in [0.25, 0.3) is 0 Å². The van der Waals surface area contributed by atoms with Gasteiger partial charge in [0.2, 0.25) is 0 Å². The topological polar surface area (TPSA) is 79.4 Å². The SMILES string of the molecule is COCCCNC(=O)c1cc(Nc2ccc(N(C)C)cc2)nc(C)n1. The summed E-state index contributed by atoms with van der Waals surface area (Å²) in [5.41, 5.74) is 2.35. The summed E-state index contributed by atoms with van der Waals surface area (Å²) < 4.78 is 4.97. The van der Waals surface area contributed by atoms with Crippen molar-refractivity contribution in [2.24, 2.45) is 0 Å². The van der Waals surface area contributed by atoms with Crippen molar-refractivity contribution >= 4 is 23.1 Å². The lowest BCUT2D eigenvalue weighted by Gasteiger charge is -2.13. The van der Waals surface area contributed by atoms with Gasteiger partial charge in [0.15, 0.2) is 0 Å². The van der Waals surface area contributed by atoms with Crippen LogP contribution < -0.4 is 15.5 Å². The van der Waals surface area contributed by atoms with Crippen LogP contribution in [0.4, 0.5) is 17.2 Å². The smallest absolute Gasteiger partial charge is 0.270 e. The fraction of sp³-hybridized carbons (Fsp3) is 0.389. The van der Waals surface area contributed by atoms with Crippen molar-refractivity contribution in [2.45, 2.75) is 13.3 Å². The van der Waals surface area contributed by atoms with Gasteiger partial charge in [0.05, 0.1) is 0 Å². The second-order valence-corrected chi connectivity index (χ2v) is 5.85. The van der Waals surface area contributed by atoms with Gasteiger partial charge < -0.3 is 20.3 Å². The molecule has 0 aliphatic carbocycles. The van der Waals surface area contributed by atoms with Crippen LogP contribution in [0.15, 0.2) is 30.3 Å². The fourth-order valence-corrected chi connectivity index (χ4v) is 2.25. The summed E-state index contributed by atoms with van der Waals surface area (Å²) in [5, 5.41) is 6.04. The third-order valence-electron chi connectivity index (χ3n) is 3.54. The van der Waals surface area contributed by atoms with Gasteiger partial charge in [-0.15, -0.1) is 0 Å². The van der Waals surface area contributed by atoms with Crippen LogP contribution in [0.3, 0.4) is 0 Å². The normalized spacial score (nSPS) is 10.4. The molecule has 0 aliphatic rings. The molecule has 0 saturated heterocycles. The Morgan fingerprint density at radius 1 is 1.20 bits per heavy atom. The molecule has 25 heavy (non-hydrogen) atoms. The number of nitrogens with zero attached hydrogens (tertiary/aromatic N) is 3. The molecule has 0 saturated carbocycles. The Morgan fingerprint density at radius 2 is 1.92 bits per heavy atom. The van der Waals surface area contributed by atoms with Gasteiger partial charge in [-0.05, 0) is 37.6 Å². The van der Waals surface area contributed by atoms with Crippen molar-refractivity contribution < 1.29 is 9.53 Å². The van der Waals surface area contributed by atoms with Crippen LogP contribution in [0.5, 0.6) is 0 Å². The third-order valence-corrected chi connectivity index (χ3v) is 3.54. The average Bonchev–Trinajstić information content (AvgIpc) is 2.58. The van der Waals surface area contributed by atoms with Gasteiger partial charge in [-0.2, -0.15) is 0 Å². The van der Waals surface area contributed by atoms with Gasteiger partial charge in [0, 0.05) is 51.8 Å². The van der Waals surface area contributed by atoms with E-state index in [1.807, 2.05) is 43.3 Å². The predicted molar refractivity (Wildman–Crippen MR) is 99.6 cm³/mol. The molecule has 0 fully saturated rings. The molecule has 0 bridgehead atoms. The standard InChI is InChI=1S/C18H25N5O2/c1-13-20-16(18(24)19-10-5-11-25-4)12-17(21-13)22-14-6-8-15(9-7-14)23(2)3/h6-9,12H,5,10-11H2,1-4H3,(H,19,24)(H,20,21,22). The molecular formula is C18H25N5O2. The van der Waals surface area contributed by atoms with Gasteiger partial charge in [-0.3, -0.25) is 4.79 Å². The minimum atomic E-state index is -0.215. The first kappa shape index (κ1) is 18.7. The van der Waals surface area contributed by atoms with Crippen molar-refractivity contribution in [3.8, 4) is 0 Å². The monoisotopic (exact) mass is 343 g/mol. The molecule has 1 aromatic carbocycles. The number of amides is 1. The lowest BCUT2D eigenvalue weighted by molar-refractivity contribution is 0.0943. The maximum absolute atomic E-state index is 12.2. The van der Waals surface area contributed by atoms with Gasteiger partial charge in [-0.1, -0.05) is 0 Å². The summed E-state index contributed by atoms with van der Waals surface area (Å²) in [7, 11) is 5.63. The van der Waals surface area contributed by atoms with E-state index in [9.17, 15) is 4.79 Å². The highest BCUT2D eigenvalue weighted by Gasteiger charge is 2.10. The first-order valence-corrected chi connectivity index (χ1v) is 8.17. The van der Waals surface area contributed by atoms with Crippen LogP contribution in [0, 0.1) is 6.92 Å². The molecular weight excluding hydrogens is 318 g/mol. The highest BCUT2D eigenvalue weighted by Crippen LogP contribution is 2.19. The molecule has 1 heterocycles. The number of rotatable bonds is 8.